The Bertz CT molecular complexity index is 768. The number of piperidine rings is 1. The maximum Gasteiger partial charge on any atom is 0.255 e. The molecule has 23 heavy (non-hydrogen) atoms. The van der Waals surface area contributed by atoms with Crippen LogP contribution in [0.4, 0.5) is 0 Å². The van der Waals surface area contributed by atoms with E-state index >= 15 is 0 Å². The van der Waals surface area contributed by atoms with Crippen molar-refractivity contribution in [3.05, 3.63) is 34.4 Å². The Kier molecular flexibility index (Phi) is 3.07. The molecule has 0 aromatic heterocycles. The van der Waals surface area contributed by atoms with E-state index in [-0.39, 0.29) is 24.0 Å². The van der Waals surface area contributed by atoms with Crippen LogP contribution in [0.15, 0.2) is 12.1 Å². The van der Waals surface area contributed by atoms with Crippen LogP contribution in [-0.4, -0.2) is 34.4 Å². The molecule has 6 heteroatoms. The number of nitrogens with zero attached hydrogens (tertiary/aromatic N) is 1. The average molecular weight is 312 g/mol. The fourth-order valence-corrected chi connectivity index (χ4v) is 3.68. The van der Waals surface area contributed by atoms with E-state index in [0.29, 0.717) is 37.8 Å². The number of carbonyl (C=O) groups excluding carboxylic acids is 4. The highest BCUT2D eigenvalue weighted by atomic mass is 16.2. The minimum Gasteiger partial charge on any atom is -0.322 e. The molecule has 0 unspecified atom stereocenters. The van der Waals surface area contributed by atoms with E-state index in [1.165, 1.54) is 0 Å². The van der Waals surface area contributed by atoms with E-state index in [0.717, 1.165) is 16.7 Å². The highest BCUT2D eigenvalue weighted by molar-refractivity contribution is 6.05. The van der Waals surface area contributed by atoms with Crippen molar-refractivity contribution in [1.29, 1.82) is 0 Å². The van der Waals surface area contributed by atoms with Crippen molar-refractivity contribution in [2.24, 2.45) is 0 Å². The normalized spacial score (nSPS) is 23.7. The molecule has 1 aromatic carbocycles. The Morgan fingerprint density at radius 1 is 0.957 bits per heavy atom. The second-order valence-electron chi connectivity index (χ2n) is 6.39. The van der Waals surface area contributed by atoms with Crippen molar-refractivity contribution in [1.82, 2.24) is 10.2 Å². The van der Waals surface area contributed by atoms with Gasteiger partial charge in [-0.2, -0.15) is 0 Å². The third kappa shape index (κ3) is 2.25. The van der Waals surface area contributed by atoms with E-state index in [2.05, 4.69) is 5.32 Å². The Hall–Kier alpha value is -2.50. The molecule has 118 valence electrons. The van der Waals surface area contributed by atoms with Gasteiger partial charge in [-0.3, -0.25) is 24.5 Å². The number of fused-ring (bicyclic) bond motifs is 2. The molecule has 1 atom stereocenters. The Morgan fingerprint density at radius 2 is 1.78 bits per heavy atom. The summed E-state index contributed by atoms with van der Waals surface area (Å²) in [5.74, 6) is -0.621. The molecule has 6 nitrogen and oxygen atoms in total. The highest BCUT2D eigenvalue weighted by Crippen LogP contribution is 2.31. The topological polar surface area (TPSA) is 83.6 Å². The van der Waals surface area contributed by atoms with Crippen molar-refractivity contribution in [2.45, 2.75) is 44.7 Å². The van der Waals surface area contributed by atoms with Crippen molar-refractivity contribution < 1.29 is 19.2 Å². The minimum absolute atomic E-state index is 0.158. The molecule has 3 amide bonds. The summed E-state index contributed by atoms with van der Waals surface area (Å²) in [4.78, 5) is 49.1. The molecule has 0 saturated carbocycles. The van der Waals surface area contributed by atoms with Crippen LogP contribution in [0.2, 0.25) is 0 Å². The molecule has 0 radical (unpaired) electrons. The third-order valence-electron chi connectivity index (χ3n) is 4.90. The lowest BCUT2D eigenvalue weighted by atomic mass is 9.88. The number of benzene rings is 1. The van der Waals surface area contributed by atoms with Crippen molar-refractivity contribution in [3.8, 4) is 0 Å². The second kappa shape index (κ2) is 5.01. The number of Topliss-reactive ketones (excluding diaryl/α,β-unsaturated/α-hetero) is 1. The predicted octanol–water partition coefficient (Wildman–Crippen LogP) is 0.505. The average Bonchev–Trinajstić information content (AvgIpc) is 2.81. The lowest BCUT2D eigenvalue weighted by Gasteiger charge is -2.29. The van der Waals surface area contributed by atoms with Gasteiger partial charge in [-0.15, -0.1) is 0 Å². The number of carbonyl (C=O) groups is 4. The van der Waals surface area contributed by atoms with Gasteiger partial charge in [0.05, 0.1) is 0 Å². The Labute approximate surface area is 132 Å². The molecule has 3 aliphatic rings. The van der Waals surface area contributed by atoms with Crippen molar-refractivity contribution >= 4 is 23.5 Å². The van der Waals surface area contributed by atoms with Gasteiger partial charge in [0.15, 0.2) is 0 Å². The maximum absolute atomic E-state index is 12.7. The van der Waals surface area contributed by atoms with Crippen LogP contribution < -0.4 is 5.32 Å². The molecule has 0 bridgehead atoms. The summed E-state index contributed by atoms with van der Waals surface area (Å²) >= 11 is 0. The number of nitrogens with one attached hydrogen (secondary N) is 1. The smallest absolute Gasteiger partial charge is 0.255 e. The zero-order valence-electron chi connectivity index (χ0n) is 12.6. The van der Waals surface area contributed by atoms with Crippen LogP contribution >= 0.6 is 0 Å². The van der Waals surface area contributed by atoms with Gasteiger partial charge in [-0.1, -0.05) is 6.07 Å². The van der Waals surface area contributed by atoms with Crippen LogP contribution in [-0.2, 0) is 33.8 Å². The summed E-state index contributed by atoms with van der Waals surface area (Å²) in [6, 6.07) is 3.22. The molecule has 1 saturated heterocycles. The number of hydrogen-bond donors (Lipinski definition) is 1. The van der Waals surface area contributed by atoms with Crippen LogP contribution in [0.1, 0.15) is 46.3 Å². The lowest BCUT2D eigenvalue weighted by molar-refractivity contribution is -0.137. The number of amides is 3. The fraction of sp³-hybridized carbons (Fsp3) is 0.412. The molecule has 1 N–H and O–H groups in total. The Morgan fingerprint density at radius 3 is 2.57 bits per heavy atom. The molecule has 1 aliphatic carbocycles. The number of ketones is 1. The third-order valence-corrected chi connectivity index (χ3v) is 4.90. The van der Waals surface area contributed by atoms with Gasteiger partial charge >= 0.3 is 0 Å². The SMILES string of the molecule is O=C1CCc2cc3c(cc2C1)CN([C@@H]1CCC(=O)NC1=O)C3=O. The second-order valence-corrected chi connectivity index (χ2v) is 6.39. The largest absolute Gasteiger partial charge is 0.322 e. The van der Waals surface area contributed by atoms with Crippen LogP contribution in [0.5, 0.6) is 0 Å². The summed E-state index contributed by atoms with van der Waals surface area (Å²) in [5, 5.41) is 2.30. The van der Waals surface area contributed by atoms with Crippen molar-refractivity contribution in [3.63, 3.8) is 0 Å². The number of aryl methyl sites for hydroxylation is 1. The van der Waals surface area contributed by atoms with Gasteiger partial charge in [-0.25, -0.2) is 0 Å². The first-order chi connectivity index (χ1) is 11.0. The summed E-state index contributed by atoms with van der Waals surface area (Å²) in [7, 11) is 0. The molecular weight excluding hydrogens is 296 g/mol. The summed E-state index contributed by atoms with van der Waals surface area (Å²) in [6.07, 6.45) is 2.24. The minimum atomic E-state index is -0.591. The van der Waals surface area contributed by atoms with Gasteiger partial charge in [0.1, 0.15) is 11.8 Å². The molecule has 1 aromatic rings. The first-order valence-corrected chi connectivity index (χ1v) is 7.84. The molecule has 1 fully saturated rings. The van der Waals surface area contributed by atoms with Crippen LogP contribution in [0, 0.1) is 0 Å². The van der Waals surface area contributed by atoms with E-state index in [1.54, 1.807) is 4.90 Å². The first kappa shape index (κ1) is 14.1. The molecule has 2 aliphatic heterocycles. The van der Waals surface area contributed by atoms with E-state index in [9.17, 15) is 19.2 Å². The summed E-state index contributed by atoms with van der Waals surface area (Å²) in [6.45, 7) is 0.363. The zero-order valence-corrected chi connectivity index (χ0v) is 12.6. The monoisotopic (exact) mass is 312 g/mol. The standard InChI is InChI=1S/C17H16N2O4/c20-12-2-1-9-7-13-11(5-10(9)6-12)8-19(17(13)23)14-3-4-15(21)18-16(14)22/h5,7,14H,1-4,6,8H2,(H,18,21,22)/t14-/m1/s1. The summed E-state index contributed by atoms with van der Waals surface area (Å²) in [5.41, 5.74) is 3.55. The number of imide groups is 1. The van der Waals surface area contributed by atoms with Gasteiger partial charge in [0.2, 0.25) is 11.8 Å². The van der Waals surface area contributed by atoms with Gasteiger partial charge in [0, 0.05) is 31.4 Å². The van der Waals surface area contributed by atoms with E-state index in [4.69, 9.17) is 0 Å². The summed E-state index contributed by atoms with van der Waals surface area (Å²) < 4.78 is 0. The van der Waals surface area contributed by atoms with Gasteiger partial charge < -0.3 is 4.90 Å². The van der Waals surface area contributed by atoms with E-state index in [1.807, 2.05) is 12.1 Å². The fourth-order valence-electron chi connectivity index (χ4n) is 3.68. The quantitative estimate of drug-likeness (QED) is 0.766. The van der Waals surface area contributed by atoms with Gasteiger partial charge in [0.25, 0.3) is 5.91 Å². The molecule has 0 spiro atoms. The lowest BCUT2D eigenvalue weighted by Crippen LogP contribution is -2.52. The van der Waals surface area contributed by atoms with Crippen LogP contribution in [0.25, 0.3) is 0 Å². The predicted molar refractivity (Wildman–Crippen MR) is 79.5 cm³/mol. The Balaban J connectivity index is 1.64. The highest BCUT2D eigenvalue weighted by Gasteiger charge is 2.39. The molecule has 4 rings (SSSR count). The maximum atomic E-state index is 12.7. The zero-order chi connectivity index (χ0) is 16.1. The first-order valence-electron chi connectivity index (χ1n) is 7.84. The number of hydrogen-bond acceptors (Lipinski definition) is 4. The van der Waals surface area contributed by atoms with Crippen molar-refractivity contribution in [2.75, 3.05) is 0 Å². The number of rotatable bonds is 1. The molecular formula is C17H16N2O4. The van der Waals surface area contributed by atoms with E-state index < -0.39 is 11.9 Å². The van der Waals surface area contributed by atoms with Gasteiger partial charge in [-0.05, 0) is 35.6 Å². The van der Waals surface area contributed by atoms with Crippen LogP contribution in [0.3, 0.4) is 0 Å². The molecule has 2 heterocycles.